The van der Waals surface area contributed by atoms with Crippen LogP contribution >= 0.6 is 11.6 Å². The smallest absolute Gasteiger partial charge is 0.410 e. The summed E-state index contributed by atoms with van der Waals surface area (Å²) >= 11 is 5.82. The molecule has 2 heterocycles. The van der Waals surface area contributed by atoms with Gasteiger partial charge < -0.3 is 25.8 Å². The third-order valence-corrected chi connectivity index (χ3v) is 3.40. The molecule has 2 rings (SSSR count). The van der Waals surface area contributed by atoms with Gasteiger partial charge in [0.05, 0.1) is 18.7 Å². The van der Waals surface area contributed by atoms with Gasteiger partial charge in [0, 0.05) is 6.54 Å². The fourth-order valence-electron chi connectivity index (χ4n) is 2.07. The lowest BCUT2D eigenvalue weighted by atomic mass is 10.2. The fraction of sp³-hybridized carbons (Fsp3) is 0.615. The highest BCUT2D eigenvalue weighted by molar-refractivity contribution is 6.32. The normalized spacial score (nSPS) is 21.8. The number of likely N-dealkylation sites (tertiary alicyclic amines) is 1. The highest BCUT2D eigenvalue weighted by Gasteiger charge is 2.36. The Morgan fingerprint density at radius 1 is 1.50 bits per heavy atom. The van der Waals surface area contributed by atoms with Crippen LogP contribution in [0.3, 0.4) is 0 Å². The molecule has 1 aliphatic rings. The molecule has 9 heteroatoms. The van der Waals surface area contributed by atoms with Gasteiger partial charge in [-0.1, -0.05) is 11.6 Å². The van der Waals surface area contributed by atoms with E-state index in [0.717, 1.165) is 0 Å². The summed E-state index contributed by atoms with van der Waals surface area (Å²) in [5.74, 6) is 0.329. The van der Waals surface area contributed by atoms with Crippen molar-refractivity contribution in [2.45, 2.75) is 38.5 Å². The number of rotatable bonds is 2. The number of nitrogens with two attached hydrogens (primary N) is 1. The second-order valence-corrected chi connectivity index (χ2v) is 6.49. The van der Waals surface area contributed by atoms with Crippen LogP contribution in [-0.4, -0.2) is 56.9 Å². The van der Waals surface area contributed by atoms with Gasteiger partial charge in [-0.25, -0.2) is 14.8 Å². The number of aliphatic hydroxyl groups excluding tert-OH is 1. The Labute approximate surface area is 133 Å². The second kappa shape index (κ2) is 6.13. The molecule has 1 saturated heterocycles. The Hall–Kier alpha value is -1.80. The van der Waals surface area contributed by atoms with Gasteiger partial charge in [0.25, 0.3) is 0 Å². The van der Waals surface area contributed by atoms with Crippen LogP contribution in [0.2, 0.25) is 5.15 Å². The van der Waals surface area contributed by atoms with Crippen LogP contribution in [0.25, 0.3) is 0 Å². The topological polar surface area (TPSA) is 114 Å². The standard InChI is InChI=1S/C13H20ClN5O3/c1-13(2,3)22-12(21)19-4-7(8(20)5-19)18-11-9(15)10(14)16-6-17-11/h6-8,20H,4-5,15H2,1-3H3,(H,16,17,18)/t7-,8-/m1/s1. The average molecular weight is 330 g/mol. The van der Waals surface area contributed by atoms with E-state index in [1.165, 1.54) is 11.2 Å². The van der Waals surface area contributed by atoms with Gasteiger partial charge in [0.2, 0.25) is 0 Å². The van der Waals surface area contributed by atoms with Crippen LogP contribution in [0.1, 0.15) is 20.8 Å². The van der Waals surface area contributed by atoms with Crippen molar-refractivity contribution in [3.05, 3.63) is 11.5 Å². The molecule has 2 atom stereocenters. The van der Waals surface area contributed by atoms with Crippen LogP contribution < -0.4 is 11.1 Å². The van der Waals surface area contributed by atoms with Crippen molar-refractivity contribution in [3.63, 3.8) is 0 Å². The first-order chi connectivity index (χ1) is 10.2. The Balaban J connectivity index is 2.02. The number of ether oxygens (including phenoxy) is 1. The molecule has 0 spiro atoms. The molecule has 4 N–H and O–H groups in total. The van der Waals surface area contributed by atoms with E-state index in [1.54, 1.807) is 20.8 Å². The Morgan fingerprint density at radius 2 is 2.18 bits per heavy atom. The van der Waals surface area contributed by atoms with E-state index in [1.807, 2.05) is 0 Å². The van der Waals surface area contributed by atoms with E-state index in [-0.39, 0.29) is 23.9 Å². The molecule has 1 fully saturated rings. The number of nitrogens with zero attached hydrogens (tertiary/aromatic N) is 3. The number of carbonyl (C=O) groups is 1. The van der Waals surface area contributed by atoms with E-state index < -0.39 is 23.8 Å². The van der Waals surface area contributed by atoms with Crippen molar-refractivity contribution in [1.82, 2.24) is 14.9 Å². The van der Waals surface area contributed by atoms with Crippen molar-refractivity contribution < 1.29 is 14.6 Å². The number of nitrogens with one attached hydrogen (secondary N) is 1. The third-order valence-electron chi connectivity index (χ3n) is 3.10. The van der Waals surface area contributed by atoms with Crippen molar-refractivity contribution in [2.75, 3.05) is 24.1 Å². The molecule has 0 radical (unpaired) electrons. The van der Waals surface area contributed by atoms with Crippen LogP contribution in [0, 0.1) is 0 Å². The predicted octanol–water partition coefficient (Wildman–Crippen LogP) is 1.10. The van der Waals surface area contributed by atoms with E-state index in [2.05, 4.69) is 15.3 Å². The zero-order valence-corrected chi connectivity index (χ0v) is 13.5. The van der Waals surface area contributed by atoms with Crippen molar-refractivity contribution in [3.8, 4) is 0 Å². The molecule has 0 aromatic carbocycles. The minimum Gasteiger partial charge on any atom is -0.444 e. The Morgan fingerprint density at radius 3 is 2.82 bits per heavy atom. The number of carbonyl (C=O) groups excluding carboxylic acids is 1. The lowest BCUT2D eigenvalue weighted by Gasteiger charge is -2.24. The summed E-state index contributed by atoms with van der Waals surface area (Å²) in [4.78, 5) is 21.2. The number of β-amino-alcohol motifs (C(OH)–C–C–N with tert-alkyl or cyclic N) is 1. The molecular weight excluding hydrogens is 310 g/mol. The van der Waals surface area contributed by atoms with Gasteiger partial charge in [-0.05, 0) is 20.8 Å². The maximum absolute atomic E-state index is 12.0. The number of aromatic nitrogens is 2. The Bertz CT molecular complexity index is 563. The first-order valence-corrected chi connectivity index (χ1v) is 7.23. The Kier molecular flexibility index (Phi) is 4.62. The van der Waals surface area contributed by atoms with E-state index >= 15 is 0 Å². The molecule has 0 unspecified atom stereocenters. The monoisotopic (exact) mass is 329 g/mol. The maximum atomic E-state index is 12.0. The lowest BCUT2D eigenvalue weighted by Crippen LogP contribution is -2.36. The van der Waals surface area contributed by atoms with E-state index in [0.29, 0.717) is 5.82 Å². The van der Waals surface area contributed by atoms with Crippen LogP contribution in [0.4, 0.5) is 16.3 Å². The van der Waals surface area contributed by atoms with Crippen molar-refractivity contribution in [1.29, 1.82) is 0 Å². The highest BCUT2D eigenvalue weighted by atomic mass is 35.5. The minimum absolute atomic E-state index is 0.133. The first kappa shape index (κ1) is 16.6. The number of hydrogen-bond acceptors (Lipinski definition) is 7. The average Bonchev–Trinajstić information content (AvgIpc) is 2.75. The van der Waals surface area contributed by atoms with Gasteiger partial charge in [0.1, 0.15) is 17.6 Å². The number of halogens is 1. The largest absolute Gasteiger partial charge is 0.444 e. The summed E-state index contributed by atoms with van der Waals surface area (Å²) in [6.45, 7) is 5.81. The molecule has 0 bridgehead atoms. The summed E-state index contributed by atoms with van der Waals surface area (Å²) in [6, 6.07) is -0.416. The highest BCUT2D eigenvalue weighted by Crippen LogP contribution is 2.25. The van der Waals surface area contributed by atoms with Crippen molar-refractivity contribution in [2.24, 2.45) is 0 Å². The van der Waals surface area contributed by atoms with E-state index in [9.17, 15) is 9.90 Å². The summed E-state index contributed by atoms with van der Waals surface area (Å²) < 4.78 is 5.29. The van der Waals surface area contributed by atoms with Gasteiger partial charge in [-0.15, -0.1) is 0 Å². The predicted molar refractivity (Wildman–Crippen MR) is 82.7 cm³/mol. The zero-order valence-electron chi connectivity index (χ0n) is 12.7. The molecule has 1 amide bonds. The summed E-state index contributed by atoms with van der Waals surface area (Å²) in [6.07, 6.45) is 0.0405. The summed E-state index contributed by atoms with van der Waals surface area (Å²) in [5, 5.41) is 13.2. The number of amides is 1. The van der Waals surface area contributed by atoms with Crippen LogP contribution in [0.5, 0.6) is 0 Å². The molecule has 1 aromatic rings. The third kappa shape index (κ3) is 3.89. The lowest BCUT2D eigenvalue weighted by molar-refractivity contribution is 0.0270. The minimum atomic E-state index is -0.763. The number of hydrogen-bond donors (Lipinski definition) is 3. The SMILES string of the molecule is CC(C)(C)OC(=O)N1C[C@@H](O)[C@H](Nc2ncnc(Cl)c2N)C1. The molecule has 0 aliphatic carbocycles. The molecule has 1 aromatic heterocycles. The van der Waals surface area contributed by atoms with Crippen LogP contribution in [0.15, 0.2) is 6.33 Å². The molecule has 8 nitrogen and oxygen atoms in total. The number of nitrogen functional groups attached to an aromatic ring is 1. The summed E-state index contributed by atoms with van der Waals surface area (Å²) in [7, 11) is 0. The van der Waals surface area contributed by atoms with Gasteiger partial charge in [-0.2, -0.15) is 0 Å². The quantitative estimate of drug-likeness (QED) is 0.696. The molecular formula is C13H20ClN5O3. The number of anilines is 2. The van der Waals surface area contributed by atoms with Crippen LogP contribution in [-0.2, 0) is 4.74 Å². The van der Waals surface area contributed by atoms with Gasteiger partial charge in [-0.3, -0.25) is 0 Å². The van der Waals surface area contributed by atoms with Crippen molar-refractivity contribution >= 4 is 29.2 Å². The molecule has 1 aliphatic heterocycles. The molecule has 122 valence electrons. The second-order valence-electron chi connectivity index (χ2n) is 6.13. The first-order valence-electron chi connectivity index (χ1n) is 6.86. The van der Waals surface area contributed by atoms with Gasteiger partial charge in [0.15, 0.2) is 11.0 Å². The van der Waals surface area contributed by atoms with Gasteiger partial charge >= 0.3 is 6.09 Å². The zero-order chi connectivity index (χ0) is 16.5. The maximum Gasteiger partial charge on any atom is 0.410 e. The van der Waals surface area contributed by atoms with E-state index in [4.69, 9.17) is 22.1 Å². The number of aliphatic hydroxyl groups is 1. The summed E-state index contributed by atoms with van der Waals surface area (Å²) in [5.41, 5.74) is 5.39. The molecule has 0 saturated carbocycles. The molecule has 22 heavy (non-hydrogen) atoms. The fourth-order valence-corrected chi connectivity index (χ4v) is 2.20.